The first-order chi connectivity index (χ1) is 12.4. The largest absolute Gasteiger partial charge is 0.507 e. The predicted molar refractivity (Wildman–Crippen MR) is 90.6 cm³/mol. The van der Waals surface area contributed by atoms with Crippen LogP contribution in [0.2, 0.25) is 0 Å². The molecule has 0 spiro atoms. The number of phenols is 2. The summed E-state index contributed by atoms with van der Waals surface area (Å²) >= 11 is 0. The van der Waals surface area contributed by atoms with Gasteiger partial charge < -0.3 is 34.7 Å². The third-order valence-electron chi connectivity index (χ3n) is 4.80. The van der Waals surface area contributed by atoms with Crippen molar-refractivity contribution in [3.8, 4) is 17.2 Å². The highest BCUT2D eigenvalue weighted by atomic mass is 16.5. The van der Waals surface area contributed by atoms with Crippen LogP contribution in [0, 0.1) is 0 Å². The Balaban J connectivity index is 2.00. The normalized spacial score (nSPS) is 16.8. The minimum atomic E-state index is -1.90. The van der Waals surface area contributed by atoms with Crippen molar-refractivity contribution in [1.82, 2.24) is 0 Å². The van der Waals surface area contributed by atoms with E-state index in [1.807, 2.05) is 0 Å². The number of ether oxygens (including phenoxy) is 1. The first-order valence-corrected chi connectivity index (χ1v) is 7.93. The van der Waals surface area contributed by atoms with Gasteiger partial charge in [-0.3, -0.25) is 4.79 Å². The van der Waals surface area contributed by atoms with Crippen molar-refractivity contribution >= 4 is 21.9 Å². The van der Waals surface area contributed by atoms with Gasteiger partial charge in [-0.25, -0.2) is 0 Å². The van der Waals surface area contributed by atoms with Crippen LogP contribution in [-0.4, -0.2) is 50.5 Å². The zero-order valence-electron chi connectivity index (χ0n) is 13.5. The molecule has 0 aliphatic carbocycles. The van der Waals surface area contributed by atoms with Gasteiger partial charge in [0.2, 0.25) is 5.43 Å². The Hall–Kier alpha value is -2.81. The maximum Gasteiger partial charge on any atom is 0.204 e. The molecule has 136 valence electrons. The SMILES string of the molecule is O=c1c2cccc(O)c2oc2c3c(cc(O)c12)OC(C(O)(CO)CO)C3. The van der Waals surface area contributed by atoms with E-state index in [4.69, 9.17) is 9.15 Å². The van der Waals surface area contributed by atoms with E-state index in [1.165, 1.54) is 24.3 Å². The van der Waals surface area contributed by atoms with Gasteiger partial charge in [-0.2, -0.15) is 0 Å². The smallest absolute Gasteiger partial charge is 0.204 e. The minimum absolute atomic E-state index is 0.0270. The van der Waals surface area contributed by atoms with Crippen molar-refractivity contribution in [2.24, 2.45) is 0 Å². The summed E-state index contributed by atoms with van der Waals surface area (Å²) in [5.74, 6) is -0.426. The molecule has 0 fully saturated rings. The molecule has 5 N–H and O–H groups in total. The van der Waals surface area contributed by atoms with E-state index in [0.717, 1.165) is 0 Å². The van der Waals surface area contributed by atoms with E-state index in [0.29, 0.717) is 5.56 Å². The molecule has 1 unspecified atom stereocenters. The lowest BCUT2D eigenvalue weighted by molar-refractivity contribution is -0.115. The number of aliphatic hydroxyl groups is 3. The second-order valence-electron chi connectivity index (χ2n) is 6.39. The Bertz CT molecular complexity index is 1080. The lowest BCUT2D eigenvalue weighted by Gasteiger charge is -2.29. The van der Waals surface area contributed by atoms with Crippen LogP contribution in [0.3, 0.4) is 0 Å². The molecular weight excluding hydrogens is 344 g/mol. The Morgan fingerprint density at radius 3 is 2.54 bits per heavy atom. The van der Waals surface area contributed by atoms with Crippen LogP contribution in [-0.2, 0) is 6.42 Å². The number of hydrogen-bond acceptors (Lipinski definition) is 8. The molecule has 0 amide bonds. The lowest BCUT2D eigenvalue weighted by atomic mass is 9.94. The first-order valence-electron chi connectivity index (χ1n) is 7.93. The fraction of sp³-hybridized carbons (Fsp3) is 0.278. The summed E-state index contributed by atoms with van der Waals surface area (Å²) in [6.45, 7) is -1.47. The molecule has 8 nitrogen and oxygen atoms in total. The zero-order chi connectivity index (χ0) is 18.6. The number of aromatic hydroxyl groups is 2. The van der Waals surface area contributed by atoms with Gasteiger partial charge in [-0.05, 0) is 12.1 Å². The molecule has 3 aromatic rings. The van der Waals surface area contributed by atoms with Gasteiger partial charge in [-0.1, -0.05) is 6.07 Å². The van der Waals surface area contributed by atoms with Crippen LogP contribution in [0.1, 0.15) is 5.56 Å². The van der Waals surface area contributed by atoms with E-state index < -0.39 is 30.3 Å². The van der Waals surface area contributed by atoms with Crippen LogP contribution >= 0.6 is 0 Å². The third-order valence-corrected chi connectivity index (χ3v) is 4.80. The number of aliphatic hydroxyl groups excluding tert-OH is 2. The van der Waals surface area contributed by atoms with Crippen molar-refractivity contribution < 1.29 is 34.7 Å². The van der Waals surface area contributed by atoms with E-state index >= 15 is 0 Å². The van der Waals surface area contributed by atoms with E-state index in [9.17, 15) is 30.3 Å². The molecule has 8 heteroatoms. The van der Waals surface area contributed by atoms with Gasteiger partial charge in [0.1, 0.15) is 34.2 Å². The molecule has 2 aromatic carbocycles. The van der Waals surface area contributed by atoms with E-state index in [2.05, 4.69) is 0 Å². The summed E-state index contributed by atoms with van der Waals surface area (Å²) in [7, 11) is 0. The number of hydrogen-bond donors (Lipinski definition) is 5. The van der Waals surface area contributed by atoms with Crippen molar-refractivity contribution in [2.75, 3.05) is 13.2 Å². The molecule has 1 aromatic heterocycles. The molecule has 4 rings (SSSR count). The van der Waals surface area contributed by atoms with Crippen molar-refractivity contribution in [3.63, 3.8) is 0 Å². The lowest BCUT2D eigenvalue weighted by Crippen LogP contribution is -2.51. The summed E-state index contributed by atoms with van der Waals surface area (Å²) in [4.78, 5) is 12.8. The van der Waals surface area contributed by atoms with Gasteiger partial charge in [0.15, 0.2) is 11.3 Å². The number of para-hydroxylation sites is 1. The van der Waals surface area contributed by atoms with E-state index in [1.54, 1.807) is 0 Å². The molecule has 0 bridgehead atoms. The molecule has 1 atom stereocenters. The number of fused-ring (bicyclic) bond motifs is 4. The van der Waals surface area contributed by atoms with Gasteiger partial charge in [-0.15, -0.1) is 0 Å². The molecular formula is C18H16O8. The van der Waals surface area contributed by atoms with Gasteiger partial charge in [0, 0.05) is 18.1 Å². The average Bonchev–Trinajstić information content (AvgIpc) is 3.06. The summed E-state index contributed by atoms with van der Waals surface area (Å²) < 4.78 is 11.3. The van der Waals surface area contributed by atoms with Crippen LogP contribution in [0.4, 0.5) is 0 Å². The maximum absolute atomic E-state index is 12.8. The predicted octanol–water partition coefficient (Wildman–Crippen LogP) is 0.377. The van der Waals surface area contributed by atoms with Gasteiger partial charge >= 0.3 is 0 Å². The monoisotopic (exact) mass is 360 g/mol. The second kappa shape index (κ2) is 5.60. The summed E-state index contributed by atoms with van der Waals surface area (Å²) in [5, 5.41) is 49.4. The Kier molecular flexibility index (Phi) is 3.58. The van der Waals surface area contributed by atoms with Crippen LogP contribution in [0.15, 0.2) is 33.5 Å². The Morgan fingerprint density at radius 1 is 1.12 bits per heavy atom. The summed E-state index contributed by atoms with van der Waals surface area (Å²) in [6.07, 6.45) is -0.964. The number of benzene rings is 2. The Morgan fingerprint density at radius 2 is 1.85 bits per heavy atom. The quantitative estimate of drug-likeness (QED) is 0.422. The molecule has 0 saturated carbocycles. The summed E-state index contributed by atoms with van der Waals surface area (Å²) in [5.41, 5.74) is -2.02. The number of rotatable bonds is 3. The molecule has 1 aliphatic heterocycles. The van der Waals surface area contributed by atoms with Crippen molar-refractivity contribution in [2.45, 2.75) is 18.1 Å². The standard InChI is InChI=1S/C18H16O8/c19-6-18(24,7-20)13-4-9-12(25-13)5-11(22)14-15(23)8-2-1-3-10(21)16(8)26-17(9)14/h1-3,5,13,19-22,24H,4,6-7H2. The molecule has 26 heavy (non-hydrogen) atoms. The summed E-state index contributed by atoms with van der Waals surface area (Å²) in [6, 6.07) is 5.57. The molecule has 0 saturated heterocycles. The van der Waals surface area contributed by atoms with Crippen molar-refractivity contribution in [1.29, 1.82) is 0 Å². The van der Waals surface area contributed by atoms with Crippen LogP contribution < -0.4 is 10.2 Å². The highest BCUT2D eigenvalue weighted by Gasteiger charge is 2.43. The maximum atomic E-state index is 12.8. The van der Waals surface area contributed by atoms with Crippen LogP contribution in [0.5, 0.6) is 17.2 Å². The molecule has 2 heterocycles. The van der Waals surface area contributed by atoms with Gasteiger partial charge in [0.05, 0.1) is 18.6 Å². The fourth-order valence-corrected chi connectivity index (χ4v) is 3.27. The number of phenolic OH excluding ortho intramolecular Hbond substituents is 2. The zero-order valence-corrected chi connectivity index (χ0v) is 13.5. The Labute approximate surface area is 146 Å². The highest BCUT2D eigenvalue weighted by Crippen LogP contribution is 2.42. The molecule has 0 radical (unpaired) electrons. The third kappa shape index (κ3) is 2.16. The average molecular weight is 360 g/mol. The van der Waals surface area contributed by atoms with E-state index in [-0.39, 0.29) is 45.6 Å². The minimum Gasteiger partial charge on any atom is -0.507 e. The second-order valence-corrected chi connectivity index (χ2v) is 6.39. The highest BCUT2D eigenvalue weighted by molar-refractivity contribution is 5.97. The molecule has 1 aliphatic rings. The van der Waals surface area contributed by atoms with Gasteiger partial charge in [0.25, 0.3) is 0 Å². The first kappa shape index (κ1) is 16.6. The van der Waals surface area contributed by atoms with Crippen molar-refractivity contribution in [3.05, 3.63) is 40.1 Å². The topological polar surface area (TPSA) is 141 Å². The van der Waals surface area contributed by atoms with Crippen LogP contribution in [0.25, 0.3) is 21.9 Å². The fourth-order valence-electron chi connectivity index (χ4n) is 3.27.